The van der Waals surface area contributed by atoms with Gasteiger partial charge in [0.05, 0.1) is 12.8 Å². The smallest absolute Gasteiger partial charge is 0.259 e. The number of carbonyl (C=O) groups is 2. The van der Waals surface area contributed by atoms with Crippen molar-refractivity contribution in [3.63, 3.8) is 0 Å². The average molecular weight is 365 g/mol. The molecule has 0 aliphatic carbocycles. The summed E-state index contributed by atoms with van der Waals surface area (Å²) in [6.07, 6.45) is 2.47. The predicted molar refractivity (Wildman–Crippen MR) is 106 cm³/mol. The molecule has 3 aromatic rings. The summed E-state index contributed by atoms with van der Waals surface area (Å²) in [5.41, 5.74) is 5.01. The Hall–Kier alpha value is -2.99. The van der Waals surface area contributed by atoms with Crippen LogP contribution >= 0.6 is 11.3 Å². The Kier molecular flexibility index (Phi) is 5.76. The van der Waals surface area contributed by atoms with Crippen LogP contribution in [0.15, 0.2) is 59.0 Å². The number of nitrogens with zero attached hydrogens (tertiary/aromatic N) is 1. The Morgan fingerprint density at radius 2 is 2.00 bits per heavy atom. The second-order valence-corrected chi connectivity index (χ2v) is 6.63. The highest BCUT2D eigenvalue weighted by Crippen LogP contribution is 2.23. The van der Waals surface area contributed by atoms with Crippen molar-refractivity contribution in [1.29, 1.82) is 0 Å². The van der Waals surface area contributed by atoms with Crippen molar-refractivity contribution in [1.82, 2.24) is 10.7 Å². The number of thiophene rings is 1. The van der Waals surface area contributed by atoms with Gasteiger partial charge in [0.1, 0.15) is 0 Å². The molecule has 0 bridgehead atoms. The second-order valence-electron chi connectivity index (χ2n) is 5.72. The minimum absolute atomic E-state index is 0.128. The number of carbonyl (C=O) groups excluding carboxylic acids is 2. The van der Waals surface area contributed by atoms with Crippen molar-refractivity contribution in [3.8, 4) is 0 Å². The van der Waals surface area contributed by atoms with Crippen LogP contribution in [0.5, 0.6) is 0 Å². The lowest BCUT2D eigenvalue weighted by molar-refractivity contribution is -0.120. The molecule has 0 spiro atoms. The molecule has 2 amide bonds. The van der Waals surface area contributed by atoms with Gasteiger partial charge in [-0.3, -0.25) is 9.59 Å². The van der Waals surface area contributed by atoms with Crippen molar-refractivity contribution in [2.45, 2.75) is 13.3 Å². The molecule has 2 N–H and O–H groups in total. The Morgan fingerprint density at radius 3 is 2.85 bits per heavy atom. The number of amides is 2. The molecule has 26 heavy (non-hydrogen) atoms. The minimum atomic E-state index is -0.374. The highest BCUT2D eigenvalue weighted by atomic mass is 32.1. The standard InChI is InChI=1S/C20H19N3O2S/c1-2-14-6-5-7-15(10-14)20(25)21-12-19(24)23-22-11-16-13-26-18-9-4-3-8-17(16)18/h3-11,13H,2,12H2,1H3,(H,21,25)(H,23,24). The second kappa shape index (κ2) is 8.40. The third-order valence-electron chi connectivity index (χ3n) is 3.91. The van der Waals surface area contributed by atoms with E-state index in [1.54, 1.807) is 23.6 Å². The normalized spacial score (nSPS) is 11.0. The van der Waals surface area contributed by atoms with Crippen molar-refractivity contribution >= 4 is 39.5 Å². The summed E-state index contributed by atoms with van der Waals surface area (Å²) in [6, 6.07) is 15.4. The molecule has 2 aromatic carbocycles. The molecule has 0 saturated heterocycles. The molecule has 0 aliphatic heterocycles. The van der Waals surface area contributed by atoms with Crippen molar-refractivity contribution in [2.75, 3.05) is 6.54 Å². The van der Waals surface area contributed by atoms with Gasteiger partial charge < -0.3 is 5.32 Å². The number of benzene rings is 2. The number of hydrogen-bond donors (Lipinski definition) is 2. The van der Waals surface area contributed by atoms with E-state index < -0.39 is 0 Å². The Bertz CT molecular complexity index is 962. The van der Waals surface area contributed by atoms with Crippen molar-refractivity contribution in [3.05, 3.63) is 70.6 Å². The summed E-state index contributed by atoms with van der Waals surface area (Å²) < 4.78 is 1.17. The van der Waals surface area contributed by atoms with E-state index in [1.165, 1.54) is 4.70 Å². The zero-order chi connectivity index (χ0) is 18.4. The molecule has 0 unspecified atom stereocenters. The van der Waals surface area contributed by atoms with Gasteiger partial charge in [0, 0.05) is 26.6 Å². The molecular formula is C20H19N3O2S. The van der Waals surface area contributed by atoms with Crippen molar-refractivity contribution in [2.24, 2.45) is 5.10 Å². The van der Waals surface area contributed by atoms with Crippen molar-refractivity contribution < 1.29 is 9.59 Å². The number of rotatable bonds is 6. The summed E-state index contributed by atoms with van der Waals surface area (Å²) in [5, 5.41) is 9.66. The summed E-state index contributed by atoms with van der Waals surface area (Å²) in [6.45, 7) is 1.90. The predicted octanol–water partition coefficient (Wildman–Crippen LogP) is 3.34. The SMILES string of the molecule is CCc1cccc(C(=O)NCC(=O)NN=Cc2csc3ccccc23)c1. The number of aryl methyl sites for hydroxylation is 1. The molecule has 0 radical (unpaired) electrons. The van der Waals surface area contributed by atoms with E-state index in [4.69, 9.17) is 0 Å². The molecule has 0 fully saturated rings. The first-order valence-electron chi connectivity index (χ1n) is 8.32. The summed E-state index contributed by atoms with van der Waals surface area (Å²) >= 11 is 1.63. The van der Waals surface area contributed by atoms with Crippen LogP contribution in [0.2, 0.25) is 0 Å². The average Bonchev–Trinajstić information content (AvgIpc) is 3.09. The van der Waals surface area contributed by atoms with Gasteiger partial charge in [0.15, 0.2) is 0 Å². The number of hydrogen-bond acceptors (Lipinski definition) is 4. The molecule has 6 heteroatoms. The van der Waals surface area contributed by atoms with E-state index in [0.717, 1.165) is 22.9 Å². The number of hydrazone groups is 1. The monoisotopic (exact) mass is 365 g/mol. The van der Waals surface area contributed by atoms with Gasteiger partial charge in [0.25, 0.3) is 11.8 Å². The lowest BCUT2D eigenvalue weighted by Crippen LogP contribution is -2.34. The third kappa shape index (κ3) is 4.34. The first kappa shape index (κ1) is 17.8. The number of nitrogens with one attached hydrogen (secondary N) is 2. The van der Waals surface area contributed by atoms with E-state index in [-0.39, 0.29) is 18.4 Å². The van der Waals surface area contributed by atoms with Gasteiger partial charge in [-0.25, -0.2) is 5.43 Å². The Balaban J connectivity index is 1.51. The van der Waals surface area contributed by atoms with Gasteiger partial charge in [-0.1, -0.05) is 37.3 Å². The van der Waals surface area contributed by atoms with Crippen LogP contribution in [-0.2, 0) is 11.2 Å². The van der Waals surface area contributed by atoms with Gasteiger partial charge in [0.2, 0.25) is 0 Å². The molecule has 0 saturated carbocycles. The Labute approximate surface area is 155 Å². The van der Waals surface area contributed by atoms with Gasteiger partial charge in [-0.15, -0.1) is 11.3 Å². The van der Waals surface area contributed by atoms with Crippen LogP contribution in [0.4, 0.5) is 0 Å². The zero-order valence-corrected chi connectivity index (χ0v) is 15.2. The van der Waals surface area contributed by atoms with Gasteiger partial charge in [-0.2, -0.15) is 5.10 Å². The summed E-state index contributed by atoms with van der Waals surface area (Å²) in [5.74, 6) is -0.649. The molecule has 0 atom stereocenters. The zero-order valence-electron chi connectivity index (χ0n) is 14.4. The lowest BCUT2D eigenvalue weighted by atomic mass is 10.1. The van der Waals surface area contributed by atoms with E-state index >= 15 is 0 Å². The van der Waals surface area contributed by atoms with Crippen LogP contribution in [0, 0.1) is 0 Å². The number of fused-ring (bicyclic) bond motifs is 1. The highest BCUT2D eigenvalue weighted by Gasteiger charge is 2.08. The maximum Gasteiger partial charge on any atom is 0.259 e. The fraction of sp³-hybridized carbons (Fsp3) is 0.150. The molecule has 5 nitrogen and oxygen atoms in total. The topological polar surface area (TPSA) is 70.6 Å². The minimum Gasteiger partial charge on any atom is -0.343 e. The first-order valence-corrected chi connectivity index (χ1v) is 9.20. The summed E-state index contributed by atoms with van der Waals surface area (Å²) in [4.78, 5) is 24.0. The maximum atomic E-state index is 12.1. The quantitative estimate of drug-likeness (QED) is 0.519. The molecule has 1 aromatic heterocycles. The lowest BCUT2D eigenvalue weighted by Gasteiger charge is -2.05. The molecule has 0 aliphatic rings. The van der Waals surface area contributed by atoms with E-state index in [9.17, 15) is 9.59 Å². The van der Waals surface area contributed by atoms with Gasteiger partial charge >= 0.3 is 0 Å². The Morgan fingerprint density at radius 1 is 1.15 bits per heavy atom. The van der Waals surface area contributed by atoms with E-state index in [0.29, 0.717) is 5.56 Å². The highest BCUT2D eigenvalue weighted by molar-refractivity contribution is 7.17. The molecule has 1 heterocycles. The fourth-order valence-corrected chi connectivity index (χ4v) is 3.42. The van der Waals surface area contributed by atoms with E-state index in [1.807, 2.05) is 54.8 Å². The molecule has 3 rings (SSSR count). The van der Waals surface area contributed by atoms with Crippen LogP contribution in [0.1, 0.15) is 28.4 Å². The maximum absolute atomic E-state index is 12.1. The third-order valence-corrected chi connectivity index (χ3v) is 4.89. The molecular weight excluding hydrogens is 346 g/mol. The fourth-order valence-electron chi connectivity index (χ4n) is 2.51. The summed E-state index contributed by atoms with van der Waals surface area (Å²) in [7, 11) is 0. The van der Waals surface area contributed by atoms with E-state index in [2.05, 4.69) is 15.8 Å². The first-order chi connectivity index (χ1) is 12.7. The molecule has 132 valence electrons. The van der Waals surface area contributed by atoms with Crippen LogP contribution in [-0.4, -0.2) is 24.6 Å². The van der Waals surface area contributed by atoms with Crippen LogP contribution < -0.4 is 10.7 Å². The largest absolute Gasteiger partial charge is 0.343 e. The van der Waals surface area contributed by atoms with Gasteiger partial charge in [-0.05, 0) is 30.2 Å². The van der Waals surface area contributed by atoms with Crippen LogP contribution in [0.3, 0.4) is 0 Å². The van der Waals surface area contributed by atoms with Crippen LogP contribution in [0.25, 0.3) is 10.1 Å².